The molecule has 0 saturated carbocycles. The van der Waals surface area contributed by atoms with Crippen molar-refractivity contribution in [3.8, 4) is 0 Å². The van der Waals surface area contributed by atoms with Gasteiger partial charge >= 0.3 is 0 Å². The fourth-order valence-corrected chi connectivity index (χ4v) is 4.69. The summed E-state index contributed by atoms with van der Waals surface area (Å²) < 4.78 is 5.64. The second kappa shape index (κ2) is 7.21. The molecule has 1 aromatic heterocycles. The molecule has 2 unspecified atom stereocenters. The van der Waals surface area contributed by atoms with Gasteiger partial charge in [-0.3, -0.25) is 0 Å². The molecule has 1 saturated heterocycles. The maximum atomic E-state index is 5.64. The molecule has 1 fully saturated rings. The van der Waals surface area contributed by atoms with Gasteiger partial charge in [0.15, 0.2) is 0 Å². The van der Waals surface area contributed by atoms with E-state index >= 15 is 0 Å². The summed E-state index contributed by atoms with van der Waals surface area (Å²) in [5, 5.41) is 4.97. The number of nitrogens with one attached hydrogen (secondary N) is 1. The van der Waals surface area contributed by atoms with Crippen LogP contribution in [-0.2, 0) is 11.2 Å². The Morgan fingerprint density at radius 3 is 3.00 bits per heavy atom. The lowest BCUT2D eigenvalue weighted by atomic mass is 9.91. The first kappa shape index (κ1) is 15.4. The van der Waals surface area contributed by atoms with Gasteiger partial charge in [0.05, 0.1) is 17.3 Å². The SMILES string of the molecule is CC(C)CNCC1CCCc2sc(C3CCCOC3)nc21. The predicted octanol–water partition coefficient (Wildman–Crippen LogP) is 3.70. The van der Waals surface area contributed by atoms with Gasteiger partial charge in [0.25, 0.3) is 0 Å². The first-order chi connectivity index (χ1) is 10.2. The zero-order valence-corrected chi connectivity index (χ0v) is 14.2. The van der Waals surface area contributed by atoms with Gasteiger partial charge in [-0.05, 0) is 44.6 Å². The Bertz CT molecular complexity index is 452. The van der Waals surface area contributed by atoms with Gasteiger partial charge in [0.2, 0.25) is 0 Å². The first-order valence-corrected chi connectivity index (χ1v) is 9.33. The number of fused-ring (bicyclic) bond motifs is 1. The molecule has 1 aliphatic carbocycles. The summed E-state index contributed by atoms with van der Waals surface area (Å²) in [6.45, 7) is 8.55. The molecule has 3 rings (SSSR count). The van der Waals surface area contributed by atoms with Crippen LogP contribution in [0, 0.1) is 5.92 Å². The maximum absolute atomic E-state index is 5.64. The monoisotopic (exact) mass is 308 g/mol. The van der Waals surface area contributed by atoms with E-state index in [4.69, 9.17) is 9.72 Å². The van der Waals surface area contributed by atoms with Gasteiger partial charge in [-0.15, -0.1) is 11.3 Å². The zero-order chi connectivity index (χ0) is 14.7. The molecular formula is C17H28N2OS. The quantitative estimate of drug-likeness (QED) is 0.900. The number of thiazole rings is 1. The van der Waals surface area contributed by atoms with Crippen molar-refractivity contribution in [2.45, 2.75) is 57.8 Å². The molecule has 1 N–H and O–H groups in total. The fraction of sp³-hybridized carbons (Fsp3) is 0.824. The number of nitrogens with zero attached hydrogens (tertiary/aromatic N) is 1. The molecule has 2 aliphatic rings. The lowest BCUT2D eigenvalue weighted by Crippen LogP contribution is -2.27. The van der Waals surface area contributed by atoms with E-state index in [0.29, 0.717) is 11.8 Å². The summed E-state index contributed by atoms with van der Waals surface area (Å²) in [6.07, 6.45) is 6.30. The fourth-order valence-electron chi connectivity index (χ4n) is 3.38. The van der Waals surface area contributed by atoms with Crippen LogP contribution >= 0.6 is 11.3 Å². The molecule has 4 heteroatoms. The van der Waals surface area contributed by atoms with Crippen LogP contribution in [-0.4, -0.2) is 31.3 Å². The molecule has 0 amide bonds. The van der Waals surface area contributed by atoms with Crippen molar-refractivity contribution in [3.63, 3.8) is 0 Å². The molecule has 21 heavy (non-hydrogen) atoms. The number of hydrogen-bond acceptors (Lipinski definition) is 4. The molecule has 0 bridgehead atoms. The van der Waals surface area contributed by atoms with E-state index < -0.39 is 0 Å². The van der Waals surface area contributed by atoms with E-state index in [2.05, 4.69) is 19.2 Å². The van der Waals surface area contributed by atoms with Crippen LogP contribution < -0.4 is 5.32 Å². The van der Waals surface area contributed by atoms with E-state index in [0.717, 1.165) is 32.2 Å². The van der Waals surface area contributed by atoms with Crippen LogP contribution in [0.3, 0.4) is 0 Å². The molecule has 0 aromatic carbocycles. The minimum absolute atomic E-state index is 0.554. The number of rotatable bonds is 5. The highest BCUT2D eigenvalue weighted by Crippen LogP contribution is 2.38. The van der Waals surface area contributed by atoms with Crippen LogP contribution in [0.15, 0.2) is 0 Å². The Kier molecular flexibility index (Phi) is 5.30. The van der Waals surface area contributed by atoms with Crippen molar-refractivity contribution in [1.29, 1.82) is 0 Å². The van der Waals surface area contributed by atoms with Crippen LogP contribution in [0.2, 0.25) is 0 Å². The molecule has 2 heterocycles. The molecule has 3 nitrogen and oxygen atoms in total. The molecule has 1 aromatic rings. The normalized spacial score (nSPS) is 26.0. The van der Waals surface area contributed by atoms with Crippen LogP contribution in [0.4, 0.5) is 0 Å². The second-order valence-corrected chi connectivity index (χ2v) is 8.03. The van der Waals surface area contributed by atoms with Crippen molar-refractivity contribution >= 4 is 11.3 Å². The largest absolute Gasteiger partial charge is 0.381 e. The standard InChI is InChI=1S/C17H28N2OS/c1-12(2)9-18-10-13-5-3-7-15-16(13)19-17(21-15)14-6-4-8-20-11-14/h12-14,18H,3-11H2,1-2H3. The van der Waals surface area contributed by atoms with E-state index in [-0.39, 0.29) is 0 Å². The Hall–Kier alpha value is -0.450. The van der Waals surface area contributed by atoms with Gasteiger partial charge < -0.3 is 10.1 Å². The number of aryl methyl sites for hydroxylation is 1. The molecular weight excluding hydrogens is 280 g/mol. The van der Waals surface area contributed by atoms with E-state index in [1.807, 2.05) is 11.3 Å². The third-order valence-corrected chi connectivity index (χ3v) is 5.83. The summed E-state index contributed by atoms with van der Waals surface area (Å²) in [5.74, 6) is 1.90. The molecule has 2 atom stereocenters. The highest BCUT2D eigenvalue weighted by molar-refractivity contribution is 7.11. The summed E-state index contributed by atoms with van der Waals surface area (Å²) in [7, 11) is 0. The van der Waals surface area contributed by atoms with Crippen LogP contribution in [0.5, 0.6) is 0 Å². The summed E-state index contributed by atoms with van der Waals surface area (Å²) in [5.41, 5.74) is 1.41. The van der Waals surface area contributed by atoms with Crippen molar-refractivity contribution in [1.82, 2.24) is 10.3 Å². The third-order valence-electron chi connectivity index (χ3n) is 4.54. The topological polar surface area (TPSA) is 34.1 Å². The average Bonchev–Trinajstić information content (AvgIpc) is 2.93. The Labute approximate surface area is 132 Å². The van der Waals surface area contributed by atoms with Gasteiger partial charge in [-0.2, -0.15) is 0 Å². The van der Waals surface area contributed by atoms with Crippen molar-refractivity contribution in [2.24, 2.45) is 5.92 Å². The smallest absolute Gasteiger partial charge is 0.0985 e. The highest BCUT2D eigenvalue weighted by Gasteiger charge is 2.27. The number of hydrogen-bond donors (Lipinski definition) is 1. The number of aromatic nitrogens is 1. The highest BCUT2D eigenvalue weighted by atomic mass is 32.1. The van der Waals surface area contributed by atoms with Crippen molar-refractivity contribution < 1.29 is 4.74 Å². The molecule has 0 spiro atoms. The van der Waals surface area contributed by atoms with E-state index in [1.165, 1.54) is 42.8 Å². The van der Waals surface area contributed by atoms with E-state index in [9.17, 15) is 0 Å². The minimum Gasteiger partial charge on any atom is -0.381 e. The Morgan fingerprint density at radius 1 is 1.33 bits per heavy atom. The summed E-state index contributed by atoms with van der Waals surface area (Å²) in [4.78, 5) is 6.61. The van der Waals surface area contributed by atoms with Gasteiger partial charge in [0, 0.05) is 29.9 Å². The third kappa shape index (κ3) is 3.85. The maximum Gasteiger partial charge on any atom is 0.0985 e. The van der Waals surface area contributed by atoms with E-state index in [1.54, 1.807) is 4.88 Å². The Balaban J connectivity index is 1.67. The zero-order valence-electron chi connectivity index (χ0n) is 13.4. The molecule has 118 valence electrons. The minimum atomic E-state index is 0.554. The van der Waals surface area contributed by atoms with Gasteiger partial charge in [-0.25, -0.2) is 4.98 Å². The lowest BCUT2D eigenvalue weighted by Gasteiger charge is -2.22. The molecule has 0 radical (unpaired) electrons. The predicted molar refractivity (Wildman–Crippen MR) is 88.3 cm³/mol. The van der Waals surface area contributed by atoms with Gasteiger partial charge in [0.1, 0.15) is 0 Å². The van der Waals surface area contributed by atoms with Crippen LogP contribution in [0.1, 0.15) is 66.9 Å². The summed E-state index contributed by atoms with van der Waals surface area (Å²) in [6, 6.07) is 0. The van der Waals surface area contributed by atoms with Crippen molar-refractivity contribution in [3.05, 3.63) is 15.6 Å². The van der Waals surface area contributed by atoms with Crippen LogP contribution in [0.25, 0.3) is 0 Å². The summed E-state index contributed by atoms with van der Waals surface area (Å²) >= 11 is 1.97. The number of ether oxygens (including phenoxy) is 1. The van der Waals surface area contributed by atoms with Crippen molar-refractivity contribution in [2.75, 3.05) is 26.3 Å². The first-order valence-electron chi connectivity index (χ1n) is 8.52. The second-order valence-electron chi connectivity index (χ2n) is 6.92. The van der Waals surface area contributed by atoms with Gasteiger partial charge in [-0.1, -0.05) is 13.8 Å². The molecule has 1 aliphatic heterocycles. The average molecular weight is 308 g/mol. The Morgan fingerprint density at radius 2 is 2.24 bits per heavy atom. The lowest BCUT2D eigenvalue weighted by molar-refractivity contribution is 0.0803.